The topological polar surface area (TPSA) is 102 Å². The quantitative estimate of drug-likeness (QED) is 0.659. The van der Waals surface area contributed by atoms with Crippen LogP contribution in [-0.2, 0) is 9.59 Å². The Hall–Kier alpha value is -2.64. The molecule has 0 aromatic heterocycles. The minimum atomic E-state index is -0.537. The van der Waals surface area contributed by atoms with E-state index in [1.54, 1.807) is 4.90 Å². The van der Waals surface area contributed by atoms with Gasteiger partial charge in [0.05, 0.1) is 29.7 Å². The Labute approximate surface area is 120 Å². The van der Waals surface area contributed by atoms with Crippen molar-refractivity contribution in [3.05, 3.63) is 28.3 Å². The monoisotopic (exact) mass is 293 g/mol. The van der Waals surface area contributed by atoms with E-state index in [9.17, 15) is 19.7 Å². The van der Waals surface area contributed by atoms with Crippen molar-refractivity contribution in [3.8, 4) is 5.75 Å². The predicted molar refractivity (Wildman–Crippen MR) is 74.0 cm³/mol. The van der Waals surface area contributed by atoms with Crippen LogP contribution >= 0.6 is 0 Å². The highest BCUT2D eigenvalue weighted by Gasteiger charge is 2.34. The Morgan fingerprint density at radius 1 is 1.43 bits per heavy atom. The fraction of sp³-hybridized carbons (Fsp3) is 0.385. The van der Waals surface area contributed by atoms with Gasteiger partial charge in [0.1, 0.15) is 5.75 Å². The number of non-ortho nitro benzene ring substituents is 1. The highest BCUT2D eigenvalue weighted by molar-refractivity contribution is 5.95. The van der Waals surface area contributed by atoms with Crippen molar-refractivity contribution in [1.82, 2.24) is 4.90 Å². The zero-order chi connectivity index (χ0) is 15.6. The van der Waals surface area contributed by atoms with E-state index in [0.717, 1.165) is 0 Å². The second-order valence-corrected chi connectivity index (χ2v) is 4.75. The Balaban J connectivity index is 2.04. The molecule has 112 valence electrons. The van der Waals surface area contributed by atoms with Crippen LogP contribution in [-0.4, -0.2) is 41.8 Å². The Bertz CT molecular complexity index is 595. The molecule has 1 N–H and O–H groups in total. The molecule has 1 aliphatic rings. The summed E-state index contributed by atoms with van der Waals surface area (Å²) < 4.78 is 5.04. The van der Waals surface area contributed by atoms with E-state index >= 15 is 0 Å². The molecule has 0 atom stereocenters. The standard InChI is InChI=1S/C13H15N3O5/c1-8(17)15-6-9(7-15)13(18)14-11-4-3-10(16(19)20)5-12(11)21-2/h3-5,9H,6-7H2,1-2H3,(H,14,18). The Morgan fingerprint density at radius 2 is 2.10 bits per heavy atom. The van der Waals surface area contributed by atoms with E-state index in [-0.39, 0.29) is 29.2 Å². The highest BCUT2D eigenvalue weighted by atomic mass is 16.6. The second-order valence-electron chi connectivity index (χ2n) is 4.75. The van der Waals surface area contributed by atoms with Crippen LogP contribution in [0.1, 0.15) is 6.92 Å². The maximum absolute atomic E-state index is 12.0. The third-order valence-corrected chi connectivity index (χ3v) is 3.35. The molecule has 1 aromatic rings. The third kappa shape index (κ3) is 3.10. The number of anilines is 1. The van der Waals surface area contributed by atoms with Crippen LogP contribution in [0.4, 0.5) is 11.4 Å². The number of nitro benzene ring substituents is 1. The van der Waals surface area contributed by atoms with Gasteiger partial charge in [-0.1, -0.05) is 0 Å². The summed E-state index contributed by atoms with van der Waals surface area (Å²) in [5.41, 5.74) is 0.255. The molecule has 1 heterocycles. The van der Waals surface area contributed by atoms with Gasteiger partial charge in [-0.25, -0.2) is 0 Å². The van der Waals surface area contributed by atoms with Crippen LogP contribution in [0.15, 0.2) is 18.2 Å². The van der Waals surface area contributed by atoms with Crippen molar-refractivity contribution >= 4 is 23.2 Å². The summed E-state index contributed by atoms with van der Waals surface area (Å²) in [6.45, 7) is 2.22. The number of rotatable bonds is 4. The van der Waals surface area contributed by atoms with Gasteiger partial charge in [0, 0.05) is 26.1 Å². The average molecular weight is 293 g/mol. The molecule has 21 heavy (non-hydrogen) atoms. The van der Waals surface area contributed by atoms with Gasteiger partial charge >= 0.3 is 0 Å². The molecule has 2 amide bonds. The molecule has 0 spiro atoms. The van der Waals surface area contributed by atoms with Crippen LogP contribution in [0.3, 0.4) is 0 Å². The maximum atomic E-state index is 12.0. The second kappa shape index (κ2) is 5.78. The average Bonchev–Trinajstić information content (AvgIpc) is 2.36. The molecule has 0 radical (unpaired) electrons. The lowest BCUT2D eigenvalue weighted by Crippen LogP contribution is -2.53. The smallest absolute Gasteiger partial charge is 0.273 e. The molecule has 8 heteroatoms. The number of nitro groups is 1. The number of ether oxygens (including phenoxy) is 1. The van der Waals surface area contributed by atoms with E-state index in [0.29, 0.717) is 18.8 Å². The summed E-state index contributed by atoms with van der Waals surface area (Å²) in [7, 11) is 1.37. The first kappa shape index (κ1) is 14.8. The number of hydrogen-bond donors (Lipinski definition) is 1. The van der Waals surface area contributed by atoms with Crippen molar-refractivity contribution in [2.75, 3.05) is 25.5 Å². The number of benzene rings is 1. The first-order valence-electron chi connectivity index (χ1n) is 6.31. The van der Waals surface area contributed by atoms with Crippen LogP contribution in [0.5, 0.6) is 5.75 Å². The lowest BCUT2D eigenvalue weighted by Gasteiger charge is -2.37. The van der Waals surface area contributed by atoms with Gasteiger partial charge in [-0.15, -0.1) is 0 Å². The zero-order valence-corrected chi connectivity index (χ0v) is 11.7. The summed E-state index contributed by atoms with van der Waals surface area (Å²) in [4.78, 5) is 34.8. The largest absolute Gasteiger partial charge is 0.494 e. The highest BCUT2D eigenvalue weighted by Crippen LogP contribution is 2.30. The molecule has 2 rings (SSSR count). The van der Waals surface area contributed by atoms with Crippen molar-refractivity contribution in [2.24, 2.45) is 5.92 Å². The zero-order valence-electron chi connectivity index (χ0n) is 11.7. The van der Waals surface area contributed by atoms with Gasteiger partial charge in [0.15, 0.2) is 0 Å². The third-order valence-electron chi connectivity index (χ3n) is 3.35. The lowest BCUT2D eigenvalue weighted by molar-refractivity contribution is -0.384. The predicted octanol–water partition coefficient (Wildman–Crippen LogP) is 1.02. The van der Waals surface area contributed by atoms with Crippen molar-refractivity contribution < 1.29 is 19.2 Å². The number of nitrogens with one attached hydrogen (secondary N) is 1. The van der Waals surface area contributed by atoms with Gasteiger partial charge in [0.25, 0.3) is 5.69 Å². The summed E-state index contributed by atoms with van der Waals surface area (Å²) in [6, 6.07) is 3.97. The number of nitrogens with zero attached hydrogens (tertiary/aromatic N) is 2. The molecule has 0 bridgehead atoms. The van der Waals surface area contributed by atoms with Crippen LogP contribution in [0, 0.1) is 16.0 Å². The number of hydrogen-bond acceptors (Lipinski definition) is 5. The molecule has 1 aliphatic heterocycles. The summed E-state index contributed by atoms with van der Waals surface area (Å²) in [5, 5.41) is 13.4. The first-order chi connectivity index (χ1) is 9.92. The van der Waals surface area contributed by atoms with Gasteiger partial charge in [-0.2, -0.15) is 0 Å². The van der Waals surface area contributed by atoms with E-state index in [2.05, 4.69) is 5.32 Å². The van der Waals surface area contributed by atoms with Crippen LogP contribution in [0.25, 0.3) is 0 Å². The normalized spacial score (nSPS) is 14.3. The summed E-state index contributed by atoms with van der Waals surface area (Å²) in [6.07, 6.45) is 0. The molecular weight excluding hydrogens is 278 g/mol. The first-order valence-corrected chi connectivity index (χ1v) is 6.31. The van der Waals surface area contributed by atoms with Crippen molar-refractivity contribution in [3.63, 3.8) is 0 Å². The lowest BCUT2D eigenvalue weighted by atomic mass is 9.99. The van der Waals surface area contributed by atoms with Crippen molar-refractivity contribution in [2.45, 2.75) is 6.92 Å². The van der Waals surface area contributed by atoms with E-state index in [4.69, 9.17) is 4.74 Å². The number of amides is 2. The van der Waals surface area contributed by atoms with Crippen LogP contribution in [0.2, 0.25) is 0 Å². The van der Waals surface area contributed by atoms with E-state index < -0.39 is 4.92 Å². The van der Waals surface area contributed by atoms with Crippen LogP contribution < -0.4 is 10.1 Å². The molecule has 0 saturated carbocycles. The molecule has 1 fully saturated rings. The van der Waals surface area contributed by atoms with E-state index in [1.165, 1.54) is 32.2 Å². The number of methoxy groups -OCH3 is 1. The van der Waals surface area contributed by atoms with E-state index in [1.807, 2.05) is 0 Å². The molecule has 1 saturated heterocycles. The maximum Gasteiger partial charge on any atom is 0.273 e. The minimum Gasteiger partial charge on any atom is -0.494 e. The molecular formula is C13H15N3O5. The van der Waals surface area contributed by atoms with Gasteiger partial charge < -0.3 is 15.0 Å². The van der Waals surface area contributed by atoms with Crippen molar-refractivity contribution in [1.29, 1.82) is 0 Å². The number of carbonyl (C=O) groups excluding carboxylic acids is 2. The molecule has 8 nitrogen and oxygen atoms in total. The summed E-state index contributed by atoms with van der Waals surface area (Å²) in [5.74, 6) is -0.347. The van der Waals surface area contributed by atoms with Gasteiger partial charge in [0.2, 0.25) is 11.8 Å². The Morgan fingerprint density at radius 3 is 2.62 bits per heavy atom. The SMILES string of the molecule is COc1cc([N+](=O)[O-])ccc1NC(=O)C1CN(C(C)=O)C1. The van der Waals surface area contributed by atoms with Gasteiger partial charge in [-0.05, 0) is 6.07 Å². The molecule has 0 unspecified atom stereocenters. The molecule has 1 aromatic carbocycles. The number of likely N-dealkylation sites (tertiary alicyclic amines) is 1. The minimum absolute atomic E-state index is 0.0630. The fourth-order valence-corrected chi connectivity index (χ4v) is 2.03. The number of carbonyl (C=O) groups is 2. The van der Waals surface area contributed by atoms with Gasteiger partial charge in [-0.3, -0.25) is 19.7 Å². The fourth-order valence-electron chi connectivity index (χ4n) is 2.03. The molecule has 0 aliphatic carbocycles. The Kier molecular flexibility index (Phi) is 4.06. The summed E-state index contributed by atoms with van der Waals surface area (Å²) >= 11 is 0.